The summed E-state index contributed by atoms with van der Waals surface area (Å²) in [4.78, 5) is 18.2. The van der Waals surface area contributed by atoms with E-state index in [0.29, 0.717) is 18.5 Å². The zero-order valence-corrected chi connectivity index (χ0v) is 11.3. The van der Waals surface area contributed by atoms with Crippen LogP contribution < -0.4 is 4.90 Å². The molecule has 1 amide bonds. The van der Waals surface area contributed by atoms with Crippen LogP contribution in [0, 0.1) is 18.3 Å². The fraction of sp³-hybridized carbons (Fsp3) is 0.188. The highest BCUT2D eigenvalue weighted by molar-refractivity contribution is 6.06. The summed E-state index contributed by atoms with van der Waals surface area (Å²) >= 11 is 0. The monoisotopic (exact) mass is 265 g/mol. The quantitative estimate of drug-likeness (QED) is 0.854. The number of aromatic nitrogens is 1. The third kappa shape index (κ3) is 3.21. The van der Waals surface area contributed by atoms with Crippen molar-refractivity contribution in [2.45, 2.75) is 13.3 Å². The third-order valence-corrected chi connectivity index (χ3v) is 2.88. The van der Waals surface area contributed by atoms with Crippen molar-refractivity contribution >= 4 is 11.6 Å². The minimum atomic E-state index is -0.136. The molecule has 2 rings (SSSR count). The SMILES string of the molecule is Cc1cncc(C(=O)N(CCC#N)c2ccccc2)c1. The van der Waals surface area contributed by atoms with Crippen molar-refractivity contribution in [2.24, 2.45) is 0 Å². The first-order valence-corrected chi connectivity index (χ1v) is 6.38. The lowest BCUT2D eigenvalue weighted by Gasteiger charge is -2.21. The van der Waals surface area contributed by atoms with Gasteiger partial charge in [-0.25, -0.2) is 0 Å². The number of aryl methyl sites for hydroxylation is 1. The second kappa shape index (κ2) is 6.48. The van der Waals surface area contributed by atoms with Gasteiger partial charge < -0.3 is 4.90 Å². The molecule has 20 heavy (non-hydrogen) atoms. The average Bonchev–Trinajstić information content (AvgIpc) is 2.48. The number of carbonyl (C=O) groups excluding carboxylic acids is 1. The molecule has 0 aliphatic carbocycles. The Balaban J connectivity index is 2.32. The summed E-state index contributed by atoms with van der Waals surface area (Å²) in [5.41, 5.74) is 2.25. The number of pyridine rings is 1. The highest BCUT2D eigenvalue weighted by Crippen LogP contribution is 2.17. The van der Waals surface area contributed by atoms with E-state index >= 15 is 0 Å². The number of carbonyl (C=O) groups is 1. The number of para-hydroxylation sites is 1. The molecule has 100 valence electrons. The molecule has 0 radical (unpaired) electrons. The van der Waals surface area contributed by atoms with Gasteiger partial charge >= 0.3 is 0 Å². The van der Waals surface area contributed by atoms with Crippen LogP contribution in [-0.2, 0) is 0 Å². The largest absolute Gasteiger partial charge is 0.307 e. The summed E-state index contributed by atoms with van der Waals surface area (Å²) in [6.45, 7) is 2.26. The molecule has 0 aliphatic rings. The summed E-state index contributed by atoms with van der Waals surface area (Å²) < 4.78 is 0. The van der Waals surface area contributed by atoms with Gasteiger partial charge in [0.05, 0.1) is 18.1 Å². The van der Waals surface area contributed by atoms with Gasteiger partial charge in [0.1, 0.15) is 0 Å². The lowest BCUT2D eigenvalue weighted by atomic mass is 10.1. The fourth-order valence-electron chi connectivity index (χ4n) is 1.95. The molecule has 1 aromatic carbocycles. The molecule has 0 unspecified atom stereocenters. The molecule has 0 fully saturated rings. The van der Waals surface area contributed by atoms with Crippen LogP contribution in [0.3, 0.4) is 0 Å². The van der Waals surface area contributed by atoms with Crippen LogP contribution in [0.25, 0.3) is 0 Å². The first-order valence-electron chi connectivity index (χ1n) is 6.38. The van der Waals surface area contributed by atoms with Crippen LogP contribution in [-0.4, -0.2) is 17.4 Å². The number of hydrogen-bond acceptors (Lipinski definition) is 3. The minimum absolute atomic E-state index is 0.136. The molecular formula is C16H15N3O. The van der Waals surface area contributed by atoms with E-state index in [-0.39, 0.29) is 5.91 Å². The summed E-state index contributed by atoms with van der Waals surface area (Å²) in [6, 6.07) is 13.2. The van der Waals surface area contributed by atoms with E-state index in [4.69, 9.17) is 5.26 Å². The molecule has 1 heterocycles. The van der Waals surface area contributed by atoms with Crippen LogP contribution in [0.1, 0.15) is 22.3 Å². The molecule has 1 aromatic heterocycles. The molecule has 4 nitrogen and oxygen atoms in total. The van der Waals surface area contributed by atoms with E-state index in [9.17, 15) is 4.79 Å². The molecule has 0 N–H and O–H groups in total. The van der Waals surface area contributed by atoms with Gasteiger partial charge in [-0.1, -0.05) is 18.2 Å². The molecule has 0 saturated carbocycles. The summed E-state index contributed by atoms with van der Waals surface area (Å²) in [7, 11) is 0. The van der Waals surface area contributed by atoms with E-state index in [1.54, 1.807) is 23.4 Å². The van der Waals surface area contributed by atoms with E-state index in [0.717, 1.165) is 11.3 Å². The Morgan fingerprint density at radius 2 is 2.05 bits per heavy atom. The first-order chi connectivity index (χ1) is 9.72. The van der Waals surface area contributed by atoms with E-state index in [1.165, 1.54) is 0 Å². The minimum Gasteiger partial charge on any atom is -0.307 e. The van der Waals surface area contributed by atoms with Crippen molar-refractivity contribution in [3.8, 4) is 6.07 Å². The zero-order valence-electron chi connectivity index (χ0n) is 11.3. The lowest BCUT2D eigenvalue weighted by Crippen LogP contribution is -2.31. The number of benzene rings is 1. The number of rotatable bonds is 4. The second-order valence-electron chi connectivity index (χ2n) is 4.45. The Morgan fingerprint density at radius 3 is 2.70 bits per heavy atom. The van der Waals surface area contributed by atoms with Gasteiger partial charge in [-0.3, -0.25) is 9.78 Å². The fourth-order valence-corrected chi connectivity index (χ4v) is 1.95. The van der Waals surface area contributed by atoms with Gasteiger partial charge in [-0.2, -0.15) is 5.26 Å². The number of nitriles is 1. The van der Waals surface area contributed by atoms with E-state index < -0.39 is 0 Å². The maximum Gasteiger partial charge on any atom is 0.259 e. The molecule has 0 bridgehead atoms. The maximum absolute atomic E-state index is 12.6. The van der Waals surface area contributed by atoms with Gasteiger partial charge in [0.15, 0.2) is 0 Å². The van der Waals surface area contributed by atoms with Gasteiger partial charge in [-0.15, -0.1) is 0 Å². The molecule has 0 aliphatic heterocycles. The highest BCUT2D eigenvalue weighted by Gasteiger charge is 2.17. The molecule has 0 spiro atoms. The summed E-state index contributed by atoms with van der Waals surface area (Å²) in [6.07, 6.45) is 3.55. The van der Waals surface area contributed by atoms with Crippen LogP contribution >= 0.6 is 0 Å². The standard InChI is InChI=1S/C16H15N3O/c1-13-10-14(12-18-11-13)16(20)19(9-5-8-17)15-6-3-2-4-7-15/h2-4,6-7,10-12H,5,9H2,1H3. The predicted octanol–water partition coefficient (Wildman–Crippen LogP) is 2.95. The molecule has 0 atom stereocenters. The number of hydrogen-bond donors (Lipinski definition) is 0. The molecule has 2 aromatic rings. The van der Waals surface area contributed by atoms with Crippen LogP contribution in [0.5, 0.6) is 0 Å². The van der Waals surface area contributed by atoms with Gasteiger partial charge in [0.2, 0.25) is 0 Å². The maximum atomic E-state index is 12.6. The third-order valence-electron chi connectivity index (χ3n) is 2.88. The summed E-state index contributed by atoms with van der Waals surface area (Å²) in [5, 5.41) is 8.76. The van der Waals surface area contributed by atoms with Crippen LogP contribution in [0.2, 0.25) is 0 Å². The number of nitrogens with zero attached hydrogens (tertiary/aromatic N) is 3. The van der Waals surface area contributed by atoms with Crippen molar-refractivity contribution in [2.75, 3.05) is 11.4 Å². The van der Waals surface area contributed by atoms with Crippen molar-refractivity contribution in [1.82, 2.24) is 4.98 Å². The Bertz CT molecular complexity index is 632. The Labute approximate surface area is 118 Å². The van der Waals surface area contributed by atoms with Crippen molar-refractivity contribution in [3.05, 3.63) is 59.9 Å². The first kappa shape index (κ1) is 13.8. The predicted molar refractivity (Wildman–Crippen MR) is 77.3 cm³/mol. The highest BCUT2D eigenvalue weighted by atomic mass is 16.2. The summed E-state index contributed by atoms with van der Waals surface area (Å²) in [5.74, 6) is -0.136. The Morgan fingerprint density at radius 1 is 1.30 bits per heavy atom. The Hall–Kier alpha value is -2.67. The van der Waals surface area contributed by atoms with Crippen LogP contribution in [0.4, 0.5) is 5.69 Å². The molecule has 4 heteroatoms. The second-order valence-corrected chi connectivity index (χ2v) is 4.45. The average molecular weight is 265 g/mol. The van der Waals surface area contributed by atoms with Crippen LogP contribution in [0.15, 0.2) is 48.8 Å². The van der Waals surface area contributed by atoms with Gasteiger partial charge in [0, 0.05) is 24.6 Å². The van der Waals surface area contributed by atoms with Gasteiger partial charge in [0.25, 0.3) is 5.91 Å². The smallest absolute Gasteiger partial charge is 0.259 e. The topological polar surface area (TPSA) is 57.0 Å². The Kier molecular flexibility index (Phi) is 4.46. The van der Waals surface area contributed by atoms with E-state index in [2.05, 4.69) is 11.1 Å². The van der Waals surface area contributed by atoms with Crippen molar-refractivity contribution < 1.29 is 4.79 Å². The molecular weight excluding hydrogens is 250 g/mol. The normalized spacial score (nSPS) is 9.80. The zero-order chi connectivity index (χ0) is 14.4. The number of amides is 1. The van der Waals surface area contributed by atoms with Gasteiger partial charge in [-0.05, 0) is 30.7 Å². The number of anilines is 1. The van der Waals surface area contributed by atoms with Crippen molar-refractivity contribution in [1.29, 1.82) is 5.26 Å². The van der Waals surface area contributed by atoms with E-state index in [1.807, 2.05) is 37.3 Å². The molecule has 0 saturated heterocycles. The van der Waals surface area contributed by atoms with Crippen molar-refractivity contribution in [3.63, 3.8) is 0 Å². The lowest BCUT2D eigenvalue weighted by molar-refractivity contribution is 0.0987.